The van der Waals surface area contributed by atoms with Gasteiger partial charge >= 0.3 is 0 Å². The van der Waals surface area contributed by atoms with E-state index in [1.165, 1.54) is 28.8 Å². The molecule has 1 aliphatic rings. The third-order valence-electron chi connectivity index (χ3n) is 5.17. The fraction of sp³-hybridized carbons (Fsp3) is 0.333. The molecule has 3 aromatic rings. The maximum atomic E-state index is 4.71. The van der Waals surface area contributed by atoms with Crippen LogP contribution >= 0.6 is 0 Å². The second kappa shape index (κ2) is 6.81. The zero-order valence-electron chi connectivity index (χ0n) is 14.9. The van der Waals surface area contributed by atoms with Crippen LogP contribution in [0.3, 0.4) is 0 Å². The van der Waals surface area contributed by atoms with E-state index >= 15 is 0 Å². The van der Waals surface area contributed by atoms with Crippen LogP contribution in [0.2, 0.25) is 0 Å². The molecule has 0 aliphatic heterocycles. The van der Waals surface area contributed by atoms with Gasteiger partial charge in [-0.15, -0.1) is 0 Å². The first-order chi connectivity index (χ1) is 12.2. The van der Waals surface area contributed by atoms with Crippen LogP contribution in [-0.2, 0) is 13.0 Å². The van der Waals surface area contributed by atoms with Crippen molar-refractivity contribution >= 4 is 0 Å². The van der Waals surface area contributed by atoms with Crippen molar-refractivity contribution in [1.29, 1.82) is 0 Å². The van der Waals surface area contributed by atoms with Gasteiger partial charge in [-0.1, -0.05) is 12.1 Å². The molecule has 0 radical (unpaired) electrons. The molecule has 128 valence electrons. The van der Waals surface area contributed by atoms with E-state index in [-0.39, 0.29) is 0 Å². The van der Waals surface area contributed by atoms with Gasteiger partial charge in [-0.2, -0.15) is 5.10 Å². The zero-order chi connectivity index (χ0) is 17.2. The zero-order valence-corrected chi connectivity index (χ0v) is 14.9. The van der Waals surface area contributed by atoms with Crippen molar-refractivity contribution in [3.05, 3.63) is 76.9 Å². The Morgan fingerprint density at radius 3 is 2.88 bits per heavy atom. The largest absolute Gasteiger partial charge is 0.304 e. The Morgan fingerprint density at radius 2 is 2.08 bits per heavy atom. The predicted octanol–water partition coefficient (Wildman–Crippen LogP) is 4.05. The minimum absolute atomic E-state index is 0.353. The first kappa shape index (κ1) is 16.0. The van der Waals surface area contributed by atoms with Crippen molar-refractivity contribution in [3.63, 3.8) is 0 Å². The Balaban J connectivity index is 1.58. The fourth-order valence-corrected chi connectivity index (χ4v) is 3.58. The number of hydrogen-bond donors (Lipinski definition) is 1. The van der Waals surface area contributed by atoms with E-state index in [9.17, 15) is 0 Å². The van der Waals surface area contributed by atoms with Gasteiger partial charge < -0.3 is 5.32 Å². The van der Waals surface area contributed by atoms with Crippen LogP contribution in [0, 0.1) is 13.8 Å². The molecule has 0 saturated carbocycles. The molecule has 1 aliphatic carbocycles. The Bertz CT molecular complexity index is 867. The van der Waals surface area contributed by atoms with E-state index in [0.717, 1.165) is 30.8 Å². The monoisotopic (exact) mass is 332 g/mol. The Labute approximate surface area is 148 Å². The number of aromatic nitrogens is 3. The predicted molar refractivity (Wildman–Crippen MR) is 99.8 cm³/mol. The molecule has 2 aromatic heterocycles. The maximum absolute atomic E-state index is 4.71. The number of fused-ring (bicyclic) bond motifs is 1. The van der Waals surface area contributed by atoms with Crippen LogP contribution in [0.1, 0.15) is 47.0 Å². The van der Waals surface area contributed by atoms with Gasteiger partial charge in [-0.05, 0) is 68.5 Å². The summed E-state index contributed by atoms with van der Waals surface area (Å²) in [5.41, 5.74) is 7.54. The summed E-state index contributed by atoms with van der Waals surface area (Å²) < 4.78 is 2.12. The lowest BCUT2D eigenvalue weighted by Crippen LogP contribution is -2.25. The van der Waals surface area contributed by atoms with Crippen molar-refractivity contribution < 1.29 is 0 Å². The number of nitrogens with zero attached hydrogens (tertiary/aromatic N) is 3. The molecule has 1 N–H and O–H groups in total. The molecule has 0 amide bonds. The summed E-state index contributed by atoms with van der Waals surface area (Å²) >= 11 is 0. The lowest BCUT2D eigenvalue weighted by molar-refractivity contribution is 0.452. The third kappa shape index (κ3) is 3.22. The third-order valence-corrected chi connectivity index (χ3v) is 5.17. The molecule has 0 bridgehead atoms. The number of aryl methyl sites for hydroxylation is 2. The molecule has 0 saturated heterocycles. The first-order valence-corrected chi connectivity index (χ1v) is 9.00. The van der Waals surface area contributed by atoms with E-state index in [0.29, 0.717) is 6.04 Å². The van der Waals surface area contributed by atoms with E-state index in [1.54, 1.807) is 0 Å². The van der Waals surface area contributed by atoms with Gasteiger partial charge in [-0.3, -0.25) is 4.98 Å². The lowest BCUT2D eigenvalue weighted by Gasteiger charge is -2.24. The summed E-state index contributed by atoms with van der Waals surface area (Å²) in [6.07, 6.45) is 7.31. The number of pyridine rings is 1. The number of rotatable bonds is 4. The minimum atomic E-state index is 0.353. The van der Waals surface area contributed by atoms with Crippen molar-refractivity contribution in [1.82, 2.24) is 20.1 Å². The van der Waals surface area contributed by atoms with Gasteiger partial charge in [-0.25, -0.2) is 4.68 Å². The summed E-state index contributed by atoms with van der Waals surface area (Å²) in [6.45, 7) is 5.10. The summed E-state index contributed by atoms with van der Waals surface area (Å²) in [5.74, 6) is 0. The molecule has 1 unspecified atom stereocenters. The van der Waals surface area contributed by atoms with E-state index in [4.69, 9.17) is 5.10 Å². The van der Waals surface area contributed by atoms with Crippen LogP contribution in [0.15, 0.2) is 48.8 Å². The molecule has 4 rings (SSSR count). The maximum Gasteiger partial charge on any atom is 0.0651 e. The quantitative estimate of drug-likeness (QED) is 0.784. The smallest absolute Gasteiger partial charge is 0.0651 e. The molecule has 4 heteroatoms. The first-order valence-electron chi connectivity index (χ1n) is 9.00. The normalized spacial score (nSPS) is 16.6. The van der Waals surface area contributed by atoms with E-state index < -0.39 is 0 Å². The average molecular weight is 332 g/mol. The second-order valence-corrected chi connectivity index (χ2v) is 6.87. The molecular weight excluding hydrogens is 308 g/mol. The van der Waals surface area contributed by atoms with E-state index in [2.05, 4.69) is 53.1 Å². The molecule has 0 spiro atoms. The molecule has 1 aromatic carbocycles. The topological polar surface area (TPSA) is 42.7 Å². The summed E-state index contributed by atoms with van der Waals surface area (Å²) in [6, 6.07) is 13.0. The SMILES string of the molecule is Cc1ccc(-n2ncc3c2CCCC3NCc2ccccn2)cc1C. The molecular formula is C21H24N4. The number of benzene rings is 1. The van der Waals surface area contributed by atoms with Gasteiger partial charge in [0, 0.05) is 30.0 Å². The molecule has 2 heterocycles. The summed E-state index contributed by atoms with van der Waals surface area (Å²) in [4.78, 5) is 4.41. The Kier molecular flexibility index (Phi) is 4.36. The Hall–Kier alpha value is -2.46. The summed E-state index contributed by atoms with van der Waals surface area (Å²) in [5, 5.41) is 8.37. The van der Waals surface area contributed by atoms with Crippen molar-refractivity contribution in [2.24, 2.45) is 0 Å². The van der Waals surface area contributed by atoms with Crippen LogP contribution < -0.4 is 5.32 Å². The number of hydrogen-bond acceptors (Lipinski definition) is 3. The van der Waals surface area contributed by atoms with Gasteiger partial charge in [0.05, 0.1) is 17.6 Å². The van der Waals surface area contributed by atoms with Gasteiger partial charge in [0.25, 0.3) is 0 Å². The van der Waals surface area contributed by atoms with Crippen molar-refractivity contribution in [2.45, 2.75) is 45.7 Å². The average Bonchev–Trinajstić information content (AvgIpc) is 3.08. The summed E-state index contributed by atoms with van der Waals surface area (Å²) in [7, 11) is 0. The standard InChI is InChI=1S/C21H24N4/c1-15-9-10-18(12-16(15)2)25-21-8-5-7-20(19(21)14-24-25)23-13-17-6-3-4-11-22-17/h3-4,6,9-12,14,20,23H,5,7-8,13H2,1-2H3. The van der Waals surface area contributed by atoms with E-state index in [1.807, 2.05) is 24.5 Å². The van der Waals surface area contributed by atoms with Gasteiger partial charge in [0.15, 0.2) is 0 Å². The highest BCUT2D eigenvalue weighted by molar-refractivity contribution is 5.42. The highest BCUT2D eigenvalue weighted by Crippen LogP contribution is 2.31. The highest BCUT2D eigenvalue weighted by Gasteiger charge is 2.24. The van der Waals surface area contributed by atoms with Crippen molar-refractivity contribution in [2.75, 3.05) is 0 Å². The van der Waals surface area contributed by atoms with Crippen LogP contribution in [0.5, 0.6) is 0 Å². The van der Waals surface area contributed by atoms with Crippen molar-refractivity contribution in [3.8, 4) is 5.69 Å². The molecule has 25 heavy (non-hydrogen) atoms. The van der Waals surface area contributed by atoms with Crippen LogP contribution in [-0.4, -0.2) is 14.8 Å². The highest BCUT2D eigenvalue weighted by atomic mass is 15.3. The second-order valence-electron chi connectivity index (χ2n) is 6.87. The molecule has 1 atom stereocenters. The Morgan fingerprint density at radius 1 is 1.16 bits per heavy atom. The molecule has 4 nitrogen and oxygen atoms in total. The molecule has 0 fully saturated rings. The van der Waals surface area contributed by atoms with Gasteiger partial charge in [0.2, 0.25) is 0 Å². The lowest BCUT2D eigenvalue weighted by atomic mass is 9.92. The van der Waals surface area contributed by atoms with Crippen LogP contribution in [0.4, 0.5) is 0 Å². The van der Waals surface area contributed by atoms with Crippen LogP contribution in [0.25, 0.3) is 5.69 Å². The van der Waals surface area contributed by atoms with Gasteiger partial charge in [0.1, 0.15) is 0 Å². The fourth-order valence-electron chi connectivity index (χ4n) is 3.58. The number of nitrogens with one attached hydrogen (secondary N) is 1. The minimum Gasteiger partial charge on any atom is -0.304 e.